The van der Waals surface area contributed by atoms with Crippen molar-refractivity contribution < 1.29 is 4.42 Å². The maximum absolute atomic E-state index is 5.74. The molecule has 1 aromatic heterocycles. The van der Waals surface area contributed by atoms with Crippen molar-refractivity contribution in [2.75, 3.05) is 0 Å². The van der Waals surface area contributed by atoms with Gasteiger partial charge in [0.15, 0.2) is 0 Å². The van der Waals surface area contributed by atoms with Gasteiger partial charge < -0.3 is 10.2 Å². The summed E-state index contributed by atoms with van der Waals surface area (Å²) in [5, 5.41) is 0. The van der Waals surface area contributed by atoms with Gasteiger partial charge in [-0.05, 0) is 31.6 Å². The topological polar surface area (TPSA) is 52.0 Å². The first kappa shape index (κ1) is 9.40. The van der Waals surface area contributed by atoms with Crippen molar-refractivity contribution in [2.45, 2.75) is 44.6 Å². The largest absolute Gasteiger partial charge is 0.444 e. The van der Waals surface area contributed by atoms with Gasteiger partial charge in [0.25, 0.3) is 0 Å². The Morgan fingerprint density at radius 1 is 1.40 bits per heavy atom. The van der Waals surface area contributed by atoms with Gasteiger partial charge in [-0.15, -0.1) is 0 Å². The van der Waals surface area contributed by atoms with Gasteiger partial charge in [-0.1, -0.05) is 12.8 Å². The zero-order chi connectivity index (χ0) is 10.4. The number of oxazole rings is 1. The van der Waals surface area contributed by atoms with Crippen LogP contribution < -0.4 is 5.73 Å². The van der Waals surface area contributed by atoms with Gasteiger partial charge >= 0.3 is 0 Å². The summed E-state index contributed by atoms with van der Waals surface area (Å²) < 4.78 is 5.72. The van der Waals surface area contributed by atoms with Crippen molar-refractivity contribution in [1.82, 2.24) is 4.98 Å². The molecule has 82 valence electrons. The standard InChI is InChI=1S/C12H18N2O/c1-7(13)12-14-6-10(15-12)11-8-4-2-3-5-9(8)11/h6-9,11H,2-5,13H2,1H3. The van der Waals surface area contributed by atoms with Crippen molar-refractivity contribution in [3.63, 3.8) is 0 Å². The van der Waals surface area contributed by atoms with Gasteiger partial charge in [0.2, 0.25) is 5.89 Å². The highest BCUT2D eigenvalue weighted by molar-refractivity contribution is 5.19. The van der Waals surface area contributed by atoms with Crippen LogP contribution in [-0.4, -0.2) is 4.98 Å². The van der Waals surface area contributed by atoms with Crippen molar-refractivity contribution in [3.8, 4) is 0 Å². The first-order chi connectivity index (χ1) is 7.27. The van der Waals surface area contributed by atoms with Crippen LogP contribution in [0.25, 0.3) is 0 Å². The van der Waals surface area contributed by atoms with Crippen LogP contribution in [0, 0.1) is 11.8 Å². The molecule has 3 heteroatoms. The summed E-state index contributed by atoms with van der Waals surface area (Å²) in [6, 6.07) is -0.0838. The quantitative estimate of drug-likeness (QED) is 0.809. The average Bonchev–Trinajstić information content (AvgIpc) is 2.75. The summed E-state index contributed by atoms with van der Waals surface area (Å²) in [5.74, 6) is 4.20. The number of hydrogen-bond donors (Lipinski definition) is 1. The molecule has 15 heavy (non-hydrogen) atoms. The fourth-order valence-corrected chi connectivity index (χ4v) is 3.08. The summed E-state index contributed by atoms with van der Waals surface area (Å²) in [7, 11) is 0. The maximum atomic E-state index is 5.74. The highest BCUT2D eigenvalue weighted by Crippen LogP contribution is 2.61. The second-order valence-electron chi connectivity index (χ2n) is 5.03. The molecule has 1 aromatic rings. The Labute approximate surface area is 90.1 Å². The SMILES string of the molecule is CC(N)c1ncc(C2C3CCCCC32)o1. The molecule has 0 aromatic carbocycles. The van der Waals surface area contributed by atoms with Crippen LogP contribution in [0.2, 0.25) is 0 Å². The van der Waals surface area contributed by atoms with E-state index in [1.807, 2.05) is 13.1 Å². The summed E-state index contributed by atoms with van der Waals surface area (Å²) in [4.78, 5) is 4.24. The van der Waals surface area contributed by atoms with E-state index in [0.29, 0.717) is 11.8 Å². The number of nitrogens with zero attached hydrogens (tertiary/aromatic N) is 1. The third-order valence-corrected chi connectivity index (χ3v) is 3.92. The fraction of sp³-hybridized carbons (Fsp3) is 0.750. The first-order valence-electron chi connectivity index (χ1n) is 5.98. The molecule has 0 amide bonds. The van der Waals surface area contributed by atoms with E-state index in [2.05, 4.69) is 4.98 Å². The molecular formula is C12H18N2O. The minimum Gasteiger partial charge on any atom is -0.444 e. The third-order valence-electron chi connectivity index (χ3n) is 3.92. The van der Waals surface area contributed by atoms with E-state index < -0.39 is 0 Å². The van der Waals surface area contributed by atoms with Crippen LogP contribution in [0.1, 0.15) is 56.2 Å². The number of rotatable bonds is 2. The van der Waals surface area contributed by atoms with Gasteiger partial charge in [-0.2, -0.15) is 0 Å². The maximum Gasteiger partial charge on any atom is 0.211 e. The van der Waals surface area contributed by atoms with Gasteiger partial charge in [-0.25, -0.2) is 4.98 Å². The lowest BCUT2D eigenvalue weighted by Crippen LogP contribution is -2.04. The van der Waals surface area contributed by atoms with Crippen molar-refractivity contribution in [1.29, 1.82) is 0 Å². The Morgan fingerprint density at radius 3 is 2.60 bits per heavy atom. The van der Waals surface area contributed by atoms with E-state index in [1.54, 1.807) is 0 Å². The predicted octanol–water partition coefficient (Wildman–Crippen LogP) is 2.60. The van der Waals surface area contributed by atoms with Crippen LogP contribution in [0.3, 0.4) is 0 Å². The minimum absolute atomic E-state index is 0.0838. The van der Waals surface area contributed by atoms with Gasteiger partial charge in [0, 0.05) is 5.92 Å². The highest BCUT2D eigenvalue weighted by Gasteiger charge is 2.53. The van der Waals surface area contributed by atoms with Crippen LogP contribution in [-0.2, 0) is 0 Å². The molecule has 3 atom stereocenters. The van der Waals surface area contributed by atoms with Crippen molar-refractivity contribution >= 4 is 0 Å². The third kappa shape index (κ3) is 1.49. The monoisotopic (exact) mass is 206 g/mol. The summed E-state index contributed by atoms with van der Waals surface area (Å²) in [6.45, 7) is 1.91. The molecule has 2 saturated carbocycles. The molecule has 0 aliphatic heterocycles. The molecule has 3 rings (SSSR count). The van der Waals surface area contributed by atoms with Crippen LogP contribution >= 0.6 is 0 Å². The lowest BCUT2D eigenvalue weighted by atomic mass is 10.0. The lowest BCUT2D eigenvalue weighted by molar-refractivity contribution is 0.425. The first-order valence-corrected chi connectivity index (χ1v) is 5.98. The summed E-state index contributed by atoms with van der Waals surface area (Å²) >= 11 is 0. The molecule has 0 radical (unpaired) electrons. The molecule has 2 fully saturated rings. The van der Waals surface area contributed by atoms with E-state index >= 15 is 0 Å². The summed E-state index contributed by atoms with van der Waals surface area (Å²) in [5.41, 5.74) is 5.74. The van der Waals surface area contributed by atoms with Gasteiger partial charge in [0.05, 0.1) is 12.2 Å². The normalized spacial score (nSPS) is 36.0. The van der Waals surface area contributed by atoms with Gasteiger partial charge in [0.1, 0.15) is 5.76 Å². The number of nitrogens with two attached hydrogens (primary N) is 1. The predicted molar refractivity (Wildman–Crippen MR) is 57.3 cm³/mol. The number of fused-ring (bicyclic) bond motifs is 1. The molecule has 2 aliphatic rings. The van der Waals surface area contributed by atoms with Crippen molar-refractivity contribution in [3.05, 3.63) is 17.8 Å². The fourth-order valence-electron chi connectivity index (χ4n) is 3.08. The molecule has 3 nitrogen and oxygen atoms in total. The van der Waals surface area contributed by atoms with E-state index in [4.69, 9.17) is 10.2 Å². The Kier molecular flexibility index (Phi) is 2.09. The molecule has 2 aliphatic carbocycles. The highest BCUT2D eigenvalue weighted by atomic mass is 16.4. The van der Waals surface area contributed by atoms with Crippen LogP contribution in [0.4, 0.5) is 0 Å². The average molecular weight is 206 g/mol. The van der Waals surface area contributed by atoms with E-state index in [-0.39, 0.29) is 6.04 Å². The molecule has 0 saturated heterocycles. The van der Waals surface area contributed by atoms with E-state index in [9.17, 15) is 0 Å². The number of aromatic nitrogens is 1. The van der Waals surface area contributed by atoms with Gasteiger partial charge in [-0.3, -0.25) is 0 Å². The molecule has 0 spiro atoms. The Balaban J connectivity index is 1.77. The Bertz CT molecular complexity index is 346. The van der Waals surface area contributed by atoms with Crippen molar-refractivity contribution in [2.24, 2.45) is 17.6 Å². The molecule has 3 unspecified atom stereocenters. The zero-order valence-corrected chi connectivity index (χ0v) is 9.15. The lowest BCUT2D eigenvalue weighted by Gasteiger charge is -2.04. The minimum atomic E-state index is -0.0838. The Hall–Kier alpha value is -0.830. The van der Waals surface area contributed by atoms with Crippen LogP contribution in [0.15, 0.2) is 10.6 Å². The van der Waals surface area contributed by atoms with Crippen LogP contribution in [0.5, 0.6) is 0 Å². The molecular weight excluding hydrogens is 188 g/mol. The zero-order valence-electron chi connectivity index (χ0n) is 9.15. The number of hydrogen-bond acceptors (Lipinski definition) is 3. The van der Waals surface area contributed by atoms with E-state index in [0.717, 1.165) is 17.6 Å². The van der Waals surface area contributed by atoms with E-state index in [1.165, 1.54) is 25.7 Å². The Morgan fingerprint density at radius 2 is 2.07 bits per heavy atom. The molecule has 2 N–H and O–H groups in total. The second-order valence-corrected chi connectivity index (χ2v) is 5.03. The smallest absolute Gasteiger partial charge is 0.211 e. The summed E-state index contributed by atoms with van der Waals surface area (Å²) in [6.07, 6.45) is 7.44. The second kappa shape index (κ2) is 3.34. The molecule has 0 bridgehead atoms. The molecule has 1 heterocycles.